The van der Waals surface area contributed by atoms with Crippen molar-refractivity contribution in [1.29, 1.82) is 0 Å². The van der Waals surface area contributed by atoms with Crippen molar-refractivity contribution >= 4 is 50.2 Å². The quantitative estimate of drug-likeness (QED) is 0.305. The minimum atomic E-state index is -4.67. The second-order valence-corrected chi connectivity index (χ2v) is 13.1. The summed E-state index contributed by atoms with van der Waals surface area (Å²) in [7, 11) is -2.35. The average molecular weight is 602 g/mol. The number of rotatable bonds is 8. The summed E-state index contributed by atoms with van der Waals surface area (Å²) in [5, 5.41) is 2.79. The first-order valence-electron chi connectivity index (χ1n) is 12.0. The lowest BCUT2D eigenvalue weighted by Crippen LogP contribution is -2.23. The molecule has 1 atom stereocenters. The number of ether oxygens (including phenoxy) is 1. The minimum Gasteiger partial charge on any atom is -0.488 e. The lowest BCUT2D eigenvalue weighted by molar-refractivity contribution is -0.139. The van der Waals surface area contributed by atoms with E-state index in [1.165, 1.54) is 6.07 Å². The zero-order valence-corrected chi connectivity index (χ0v) is 23.7. The summed E-state index contributed by atoms with van der Waals surface area (Å²) in [6.45, 7) is 4.68. The minimum absolute atomic E-state index is 0.0752. The second kappa shape index (κ2) is 11.4. The summed E-state index contributed by atoms with van der Waals surface area (Å²) in [6, 6.07) is 11.1. The van der Waals surface area contributed by atoms with E-state index in [0.717, 1.165) is 29.5 Å². The van der Waals surface area contributed by atoms with Gasteiger partial charge in [-0.05, 0) is 49.4 Å². The van der Waals surface area contributed by atoms with Crippen molar-refractivity contribution < 1.29 is 31.1 Å². The van der Waals surface area contributed by atoms with E-state index in [4.69, 9.17) is 16.3 Å². The van der Waals surface area contributed by atoms with Gasteiger partial charge in [0.25, 0.3) is 10.0 Å². The van der Waals surface area contributed by atoms with Gasteiger partial charge in [-0.25, -0.2) is 8.42 Å². The van der Waals surface area contributed by atoms with Crippen LogP contribution in [0.25, 0.3) is 11.1 Å². The molecule has 39 heavy (non-hydrogen) atoms. The highest BCUT2D eigenvalue weighted by Crippen LogP contribution is 2.41. The van der Waals surface area contributed by atoms with Gasteiger partial charge in [0, 0.05) is 36.3 Å². The largest absolute Gasteiger partial charge is 0.488 e. The van der Waals surface area contributed by atoms with Crippen LogP contribution in [-0.4, -0.2) is 45.5 Å². The van der Waals surface area contributed by atoms with Crippen molar-refractivity contribution in [2.45, 2.75) is 36.8 Å². The Bertz CT molecular complexity index is 1480. The summed E-state index contributed by atoms with van der Waals surface area (Å²) >= 11 is 7.20. The Morgan fingerprint density at radius 2 is 1.90 bits per heavy atom. The van der Waals surface area contributed by atoms with Crippen molar-refractivity contribution in [1.82, 2.24) is 4.90 Å². The van der Waals surface area contributed by atoms with E-state index in [1.54, 1.807) is 38.1 Å². The normalized spacial score (nSPS) is 16.5. The molecule has 0 spiro atoms. The van der Waals surface area contributed by atoms with E-state index < -0.39 is 33.6 Å². The number of hydrogen-bond donors (Lipinski definition) is 2. The third kappa shape index (κ3) is 7.05. The number of amides is 1. The molecule has 0 aliphatic carbocycles. The molecule has 13 heteroatoms. The number of likely N-dealkylation sites (N-methyl/N-ethyl adjacent to an activating group) is 1. The zero-order chi connectivity index (χ0) is 28.5. The van der Waals surface area contributed by atoms with E-state index in [1.807, 2.05) is 11.9 Å². The number of nitrogens with one attached hydrogen (secondary N) is 2. The average Bonchev–Trinajstić information content (AvgIpc) is 3.43. The Balaban J connectivity index is 1.59. The van der Waals surface area contributed by atoms with Crippen molar-refractivity contribution in [3.63, 3.8) is 0 Å². The lowest BCUT2D eigenvalue weighted by atomic mass is 10.1. The number of sulfonamides is 1. The zero-order valence-electron chi connectivity index (χ0n) is 21.3. The van der Waals surface area contributed by atoms with Gasteiger partial charge in [-0.3, -0.25) is 9.52 Å². The van der Waals surface area contributed by atoms with Crippen LogP contribution in [0.1, 0.15) is 25.8 Å². The van der Waals surface area contributed by atoms with Crippen LogP contribution in [0.4, 0.5) is 24.5 Å². The van der Waals surface area contributed by atoms with Crippen molar-refractivity contribution in [2.24, 2.45) is 5.92 Å². The third-order valence-electron chi connectivity index (χ3n) is 6.08. The molecular formula is C26H27ClF3N3O4S2. The van der Waals surface area contributed by atoms with Crippen LogP contribution in [0.15, 0.2) is 52.7 Å². The SMILES string of the molecule is CC(C)C(=O)Nc1cccc(-c2cc(S(=O)(=O)Nc3ccc(C(F)(F)F)c(O[C@@H]4CCN(C)C4)c3)sc2Cl)c1. The molecule has 0 radical (unpaired) electrons. The fraction of sp³-hybridized carbons (Fsp3) is 0.346. The molecule has 2 heterocycles. The van der Waals surface area contributed by atoms with Crippen molar-refractivity contribution in [2.75, 3.05) is 30.2 Å². The topological polar surface area (TPSA) is 87.7 Å². The number of thiophene rings is 1. The maximum Gasteiger partial charge on any atom is 0.419 e. The number of hydrogen-bond acceptors (Lipinski definition) is 6. The predicted octanol–water partition coefficient (Wildman–Crippen LogP) is 6.57. The first-order chi connectivity index (χ1) is 18.2. The van der Waals surface area contributed by atoms with Gasteiger partial charge in [-0.2, -0.15) is 13.2 Å². The molecule has 0 unspecified atom stereocenters. The molecule has 0 bridgehead atoms. The number of benzene rings is 2. The fourth-order valence-electron chi connectivity index (χ4n) is 4.02. The molecule has 1 fully saturated rings. The Hall–Kier alpha value is -2.80. The Kier molecular flexibility index (Phi) is 8.50. The van der Waals surface area contributed by atoms with Crippen LogP contribution >= 0.6 is 22.9 Å². The van der Waals surface area contributed by atoms with Gasteiger partial charge < -0.3 is 15.0 Å². The summed E-state index contributed by atoms with van der Waals surface area (Å²) in [5.74, 6) is -0.833. The molecule has 3 aromatic rings. The van der Waals surface area contributed by atoms with Crippen molar-refractivity contribution in [3.8, 4) is 16.9 Å². The number of alkyl halides is 3. The Morgan fingerprint density at radius 3 is 2.54 bits per heavy atom. The number of halogens is 4. The van der Waals surface area contributed by atoms with Crippen LogP contribution in [0.3, 0.4) is 0 Å². The lowest BCUT2D eigenvalue weighted by Gasteiger charge is -2.19. The van der Waals surface area contributed by atoms with Gasteiger partial charge in [0.05, 0.1) is 11.3 Å². The molecule has 2 aromatic carbocycles. The Morgan fingerprint density at radius 1 is 1.15 bits per heavy atom. The number of carbonyl (C=O) groups excluding carboxylic acids is 1. The Labute approximate surface area is 234 Å². The highest BCUT2D eigenvalue weighted by molar-refractivity contribution is 7.94. The maximum atomic E-state index is 13.6. The number of anilines is 2. The highest BCUT2D eigenvalue weighted by atomic mass is 35.5. The van der Waals surface area contributed by atoms with Gasteiger partial charge in [0.15, 0.2) is 0 Å². The maximum absolute atomic E-state index is 13.6. The van der Waals surface area contributed by atoms with Gasteiger partial charge in [-0.1, -0.05) is 37.6 Å². The molecule has 1 amide bonds. The van der Waals surface area contributed by atoms with E-state index in [-0.39, 0.29) is 26.1 Å². The van der Waals surface area contributed by atoms with Gasteiger partial charge in [0.2, 0.25) is 5.91 Å². The summed E-state index contributed by atoms with van der Waals surface area (Å²) in [6.07, 6.45) is -4.55. The monoisotopic (exact) mass is 601 g/mol. The summed E-state index contributed by atoms with van der Waals surface area (Å²) < 4.78 is 75.3. The van der Waals surface area contributed by atoms with Crippen LogP contribution in [0.5, 0.6) is 5.75 Å². The van der Waals surface area contributed by atoms with E-state index in [9.17, 15) is 26.4 Å². The molecule has 1 saturated heterocycles. The van der Waals surface area contributed by atoms with Gasteiger partial charge in [0.1, 0.15) is 20.4 Å². The van der Waals surface area contributed by atoms with Gasteiger partial charge >= 0.3 is 6.18 Å². The molecular weight excluding hydrogens is 575 g/mol. The second-order valence-electron chi connectivity index (χ2n) is 9.58. The first kappa shape index (κ1) is 29.2. The van der Waals surface area contributed by atoms with Gasteiger partial charge in [-0.15, -0.1) is 11.3 Å². The summed E-state index contributed by atoms with van der Waals surface area (Å²) in [5.41, 5.74) is 0.497. The smallest absolute Gasteiger partial charge is 0.419 e. The van der Waals surface area contributed by atoms with Crippen LogP contribution in [0.2, 0.25) is 4.34 Å². The number of likely N-dealkylation sites (tertiary alicyclic amines) is 1. The van der Waals surface area contributed by atoms with Crippen LogP contribution in [0, 0.1) is 5.92 Å². The number of nitrogens with zero attached hydrogens (tertiary/aromatic N) is 1. The van der Waals surface area contributed by atoms with E-state index in [0.29, 0.717) is 36.3 Å². The van der Waals surface area contributed by atoms with E-state index >= 15 is 0 Å². The molecule has 7 nitrogen and oxygen atoms in total. The van der Waals surface area contributed by atoms with Crippen LogP contribution in [-0.2, 0) is 21.0 Å². The van der Waals surface area contributed by atoms with Crippen LogP contribution < -0.4 is 14.8 Å². The molecule has 4 rings (SSSR count). The molecule has 1 aromatic heterocycles. The molecule has 0 saturated carbocycles. The molecule has 1 aliphatic heterocycles. The highest BCUT2D eigenvalue weighted by Gasteiger charge is 2.36. The van der Waals surface area contributed by atoms with E-state index in [2.05, 4.69) is 10.0 Å². The predicted molar refractivity (Wildman–Crippen MR) is 147 cm³/mol. The molecule has 1 aliphatic rings. The molecule has 210 valence electrons. The fourth-order valence-corrected chi connectivity index (χ4v) is 6.84. The molecule has 2 N–H and O–H groups in total. The first-order valence-corrected chi connectivity index (χ1v) is 14.7. The van der Waals surface area contributed by atoms with Crippen molar-refractivity contribution in [3.05, 3.63) is 58.4 Å². The number of carbonyl (C=O) groups is 1. The standard InChI is InChI=1S/C26H27ClF3N3O4S2/c1-15(2)25(34)31-17-6-4-5-16(11-17)20-13-23(38-24(20)27)39(35,36)32-18-7-8-21(26(28,29)30)22(12-18)37-19-9-10-33(3)14-19/h4-8,11-13,15,19,32H,9-10,14H2,1-3H3,(H,31,34)/t19-/m1/s1. The summed E-state index contributed by atoms with van der Waals surface area (Å²) in [4.78, 5) is 14.0. The third-order valence-corrected chi connectivity index (χ3v) is 9.29.